The summed E-state index contributed by atoms with van der Waals surface area (Å²) in [5.41, 5.74) is 2.45. The van der Waals surface area contributed by atoms with Gasteiger partial charge in [-0.25, -0.2) is 9.59 Å². The second-order valence-corrected chi connectivity index (χ2v) is 6.29. The summed E-state index contributed by atoms with van der Waals surface area (Å²) in [5, 5.41) is 9.88. The summed E-state index contributed by atoms with van der Waals surface area (Å²) in [6, 6.07) is 3.82. The van der Waals surface area contributed by atoms with Gasteiger partial charge in [-0.3, -0.25) is 0 Å². The third-order valence-electron chi connectivity index (χ3n) is 4.44. The van der Waals surface area contributed by atoms with Crippen molar-refractivity contribution in [2.75, 3.05) is 6.61 Å². The van der Waals surface area contributed by atoms with Gasteiger partial charge in [0.2, 0.25) is 0 Å². The minimum atomic E-state index is -0.892. The molecule has 0 aliphatic carbocycles. The van der Waals surface area contributed by atoms with Crippen LogP contribution in [0.4, 0.5) is 0 Å². The minimum Gasteiger partial charge on any atom is -0.512 e. The van der Waals surface area contributed by atoms with Crippen molar-refractivity contribution >= 4 is 11.9 Å². The van der Waals surface area contributed by atoms with E-state index in [-0.39, 0.29) is 17.9 Å². The van der Waals surface area contributed by atoms with Crippen molar-refractivity contribution in [2.24, 2.45) is 5.41 Å². The van der Waals surface area contributed by atoms with Crippen molar-refractivity contribution < 1.29 is 24.2 Å². The molecule has 116 valence electrons. The van der Waals surface area contributed by atoms with Crippen LogP contribution in [0.15, 0.2) is 23.5 Å². The molecule has 1 unspecified atom stereocenters. The quantitative estimate of drug-likeness (QED) is 0.490. The minimum absolute atomic E-state index is 0.0729. The molecule has 0 saturated carbocycles. The predicted octanol–water partition coefficient (Wildman–Crippen LogP) is 2.91. The average molecular weight is 302 g/mol. The number of hydrogen-bond acceptors (Lipinski definition) is 5. The van der Waals surface area contributed by atoms with Crippen molar-refractivity contribution in [1.29, 1.82) is 0 Å². The number of fused-ring (bicyclic) bond motifs is 1. The van der Waals surface area contributed by atoms with Gasteiger partial charge in [0.25, 0.3) is 0 Å². The van der Waals surface area contributed by atoms with Gasteiger partial charge in [0.1, 0.15) is 18.5 Å². The number of benzene rings is 1. The Morgan fingerprint density at radius 1 is 1.27 bits per heavy atom. The van der Waals surface area contributed by atoms with Crippen LogP contribution in [-0.2, 0) is 14.3 Å². The summed E-state index contributed by atoms with van der Waals surface area (Å²) in [6.45, 7) is 7.10. The Morgan fingerprint density at radius 2 is 1.95 bits per heavy atom. The van der Waals surface area contributed by atoms with Crippen LogP contribution in [0.5, 0.6) is 0 Å². The number of carbonyl (C=O) groups is 2. The van der Waals surface area contributed by atoms with E-state index >= 15 is 0 Å². The number of aliphatic hydroxyl groups is 1. The van der Waals surface area contributed by atoms with E-state index < -0.39 is 23.5 Å². The maximum Gasteiger partial charge on any atom is 0.339 e. The fourth-order valence-electron chi connectivity index (χ4n) is 3.55. The Hall–Kier alpha value is -2.30. The van der Waals surface area contributed by atoms with Gasteiger partial charge >= 0.3 is 11.9 Å². The standard InChI is InChI=1S/C17H18O5/c1-8-5-9(2)12-11(6-8)14(22-15(12)19)17(4)7-21-16(20)13(17)10(3)18/h5-6,14,18H,7H2,1-4H3/b13-10+/t14?,17-/m1/s1. The van der Waals surface area contributed by atoms with Crippen LogP contribution in [0.3, 0.4) is 0 Å². The van der Waals surface area contributed by atoms with E-state index in [1.807, 2.05) is 26.0 Å². The van der Waals surface area contributed by atoms with Crippen LogP contribution in [0.1, 0.15) is 47.0 Å². The number of allylic oxidation sites excluding steroid dienone is 1. The predicted molar refractivity (Wildman–Crippen MR) is 78.5 cm³/mol. The zero-order valence-corrected chi connectivity index (χ0v) is 13.0. The van der Waals surface area contributed by atoms with E-state index in [4.69, 9.17) is 9.47 Å². The maximum absolute atomic E-state index is 12.2. The average Bonchev–Trinajstić information content (AvgIpc) is 2.88. The van der Waals surface area contributed by atoms with E-state index in [2.05, 4.69) is 0 Å². The van der Waals surface area contributed by atoms with E-state index in [0.717, 1.165) is 16.7 Å². The molecule has 1 aromatic carbocycles. The maximum atomic E-state index is 12.2. The first-order valence-corrected chi connectivity index (χ1v) is 7.15. The van der Waals surface area contributed by atoms with Crippen LogP contribution < -0.4 is 0 Å². The molecule has 2 aliphatic heterocycles. The smallest absolute Gasteiger partial charge is 0.339 e. The SMILES string of the molecule is C/C(O)=C1/C(=O)OC[C@@]1(C)C1OC(=O)c2c(C)cc(C)cc21. The van der Waals surface area contributed by atoms with Gasteiger partial charge in [-0.15, -0.1) is 0 Å². The Labute approximate surface area is 128 Å². The zero-order chi connectivity index (χ0) is 16.2. The summed E-state index contributed by atoms with van der Waals surface area (Å²) >= 11 is 0. The van der Waals surface area contributed by atoms with Gasteiger partial charge in [0, 0.05) is 5.56 Å². The van der Waals surface area contributed by atoms with Crippen molar-refractivity contribution in [3.8, 4) is 0 Å². The van der Waals surface area contributed by atoms with Gasteiger partial charge in [0.05, 0.1) is 16.6 Å². The van der Waals surface area contributed by atoms with E-state index in [0.29, 0.717) is 5.56 Å². The van der Waals surface area contributed by atoms with Crippen LogP contribution in [-0.4, -0.2) is 23.7 Å². The Balaban J connectivity index is 2.19. The normalized spacial score (nSPS) is 29.2. The van der Waals surface area contributed by atoms with Gasteiger partial charge in [-0.05, 0) is 33.3 Å². The molecular formula is C17H18O5. The molecule has 5 heteroatoms. The number of aryl methyl sites for hydroxylation is 2. The van der Waals surface area contributed by atoms with Gasteiger partial charge in [-0.2, -0.15) is 0 Å². The van der Waals surface area contributed by atoms with Gasteiger partial charge in [-0.1, -0.05) is 17.7 Å². The van der Waals surface area contributed by atoms with E-state index in [1.165, 1.54) is 6.92 Å². The highest BCUT2D eigenvalue weighted by Gasteiger charge is 2.54. The summed E-state index contributed by atoms with van der Waals surface area (Å²) in [6.07, 6.45) is -0.642. The molecule has 1 N–H and O–H groups in total. The summed E-state index contributed by atoms with van der Waals surface area (Å²) in [4.78, 5) is 24.2. The number of hydrogen-bond donors (Lipinski definition) is 1. The fraction of sp³-hybridized carbons (Fsp3) is 0.412. The largest absolute Gasteiger partial charge is 0.512 e. The number of ether oxygens (including phenoxy) is 2. The summed E-state index contributed by atoms with van der Waals surface area (Å²) in [7, 11) is 0. The third kappa shape index (κ3) is 1.85. The first kappa shape index (κ1) is 14.6. The van der Waals surface area contributed by atoms with Crippen LogP contribution >= 0.6 is 0 Å². The van der Waals surface area contributed by atoms with Crippen molar-refractivity contribution in [3.63, 3.8) is 0 Å². The Morgan fingerprint density at radius 3 is 2.59 bits per heavy atom. The van der Waals surface area contributed by atoms with Gasteiger partial charge < -0.3 is 14.6 Å². The first-order chi connectivity index (χ1) is 10.3. The Bertz CT molecular complexity index is 727. The second kappa shape index (κ2) is 4.60. The molecule has 2 atom stereocenters. The molecule has 5 nitrogen and oxygen atoms in total. The van der Waals surface area contributed by atoms with Crippen molar-refractivity contribution in [1.82, 2.24) is 0 Å². The van der Waals surface area contributed by atoms with E-state index in [1.54, 1.807) is 6.92 Å². The Kier molecular flexibility index (Phi) is 3.06. The molecule has 2 heterocycles. The van der Waals surface area contributed by atoms with Crippen LogP contribution in [0, 0.1) is 19.3 Å². The monoisotopic (exact) mass is 302 g/mol. The third-order valence-corrected chi connectivity index (χ3v) is 4.44. The van der Waals surface area contributed by atoms with Crippen molar-refractivity contribution in [3.05, 3.63) is 45.7 Å². The number of aliphatic hydroxyl groups excluding tert-OH is 1. The van der Waals surface area contributed by atoms with E-state index in [9.17, 15) is 14.7 Å². The molecule has 0 spiro atoms. The molecular weight excluding hydrogens is 284 g/mol. The highest BCUT2D eigenvalue weighted by Crippen LogP contribution is 2.52. The van der Waals surface area contributed by atoms with Crippen LogP contribution in [0.2, 0.25) is 0 Å². The molecule has 0 aromatic heterocycles. The number of esters is 2. The molecule has 3 rings (SSSR count). The molecule has 1 aromatic rings. The lowest BCUT2D eigenvalue weighted by Crippen LogP contribution is -2.29. The molecule has 0 radical (unpaired) electrons. The lowest BCUT2D eigenvalue weighted by molar-refractivity contribution is -0.135. The molecule has 0 amide bonds. The van der Waals surface area contributed by atoms with Crippen LogP contribution in [0.25, 0.3) is 0 Å². The molecule has 22 heavy (non-hydrogen) atoms. The number of carbonyl (C=O) groups excluding carboxylic acids is 2. The van der Waals surface area contributed by atoms with Gasteiger partial charge in [0.15, 0.2) is 0 Å². The lowest BCUT2D eigenvalue weighted by atomic mass is 9.75. The number of cyclic esters (lactones) is 2. The summed E-state index contributed by atoms with van der Waals surface area (Å²) < 4.78 is 10.7. The molecule has 0 bridgehead atoms. The number of rotatable bonds is 1. The molecule has 1 saturated heterocycles. The molecule has 2 aliphatic rings. The zero-order valence-electron chi connectivity index (χ0n) is 13.0. The second-order valence-electron chi connectivity index (χ2n) is 6.29. The first-order valence-electron chi connectivity index (χ1n) is 7.15. The lowest BCUT2D eigenvalue weighted by Gasteiger charge is -2.29. The summed E-state index contributed by atoms with van der Waals surface area (Å²) in [5.74, 6) is -1.05. The topological polar surface area (TPSA) is 72.8 Å². The highest BCUT2D eigenvalue weighted by atomic mass is 16.6. The molecule has 1 fully saturated rings. The van der Waals surface area contributed by atoms with Crippen molar-refractivity contribution in [2.45, 2.75) is 33.8 Å². The highest BCUT2D eigenvalue weighted by molar-refractivity contribution is 5.97. The fourth-order valence-corrected chi connectivity index (χ4v) is 3.55.